The van der Waals surface area contributed by atoms with Gasteiger partial charge >= 0.3 is 0 Å². The van der Waals surface area contributed by atoms with Crippen molar-refractivity contribution >= 4 is 5.91 Å². The molecule has 0 radical (unpaired) electrons. The maximum absolute atomic E-state index is 12.4. The smallest absolute Gasteiger partial charge is 0.241 e. The van der Waals surface area contributed by atoms with Crippen molar-refractivity contribution in [3.05, 3.63) is 42.5 Å². The van der Waals surface area contributed by atoms with E-state index in [2.05, 4.69) is 25.7 Å². The fraction of sp³-hybridized carbons (Fsp3) is 0.471. The quantitative estimate of drug-likeness (QED) is 0.818. The Morgan fingerprint density at radius 2 is 2.05 bits per heavy atom. The largest absolute Gasteiger partial charge is 0.490 e. The predicted molar refractivity (Wildman–Crippen MR) is 84.0 cm³/mol. The molecule has 1 N–H and O–H groups in total. The zero-order chi connectivity index (χ0) is 15.4. The number of hydrogen-bond acceptors (Lipinski definition) is 3. The summed E-state index contributed by atoms with van der Waals surface area (Å²) < 4.78 is 5.49. The van der Waals surface area contributed by atoms with Crippen LogP contribution < -0.4 is 10.1 Å². The van der Waals surface area contributed by atoms with Crippen LogP contribution in [0.15, 0.2) is 36.9 Å². The third kappa shape index (κ3) is 3.27. The Balaban J connectivity index is 2.16. The number of nitrogens with one attached hydrogen (secondary N) is 1. The maximum atomic E-state index is 12.4. The van der Waals surface area contributed by atoms with Crippen LogP contribution in [-0.2, 0) is 4.79 Å². The summed E-state index contributed by atoms with van der Waals surface area (Å²) >= 11 is 0. The van der Waals surface area contributed by atoms with Crippen LogP contribution in [0.3, 0.4) is 0 Å². The minimum absolute atomic E-state index is 0.0524. The fourth-order valence-electron chi connectivity index (χ4n) is 2.63. The second-order valence-electron chi connectivity index (χ2n) is 5.58. The fourth-order valence-corrected chi connectivity index (χ4v) is 2.63. The monoisotopic (exact) mass is 288 g/mol. The Hall–Kier alpha value is -1.81. The SMILES string of the molecule is C=CCOc1ccc(C2NC(C(C)C)C(=O)N2CC)cc1. The van der Waals surface area contributed by atoms with Crippen molar-refractivity contribution in [3.8, 4) is 5.75 Å². The lowest BCUT2D eigenvalue weighted by atomic mass is 10.1. The Morgan fingerprint density at radius 1 is 1.38 bits per heavy atom. The maximum Gasteiger partial charge on any atom is 0.241 e. The van der Waals surface area contributed by atoms with Crippen LogP contribution in [-0.4, -0.2) is 30.0 Å². The minimum Gasteiger partial charge on any atom is -0.490 e. The lowest BCUT2D eigenvalue weighted by Gasteiger charge is -2.23. The average molecular weight is 288 g/mol. The van der Waals surface area contributed by atoms with E-state index < -0.39 is 0 Å². The molecule has 1 aliphatic heterocycles. The molecule has 21 heavy (non-hydrogen) atoms. The molecule has 2 atom stereocenters. The summed E-state index contributed by atoms with van der Waals surface area (Å²) in [6.45, 7) is 11.0. The van der Waals surface area contributed by atoms with Crippen molar-refractivity contribution in [1.82, 2.24) is 10.2 Å². The van der Waals surface area contributed by atoms with Crippen LogP contribution in [0, 0.1) is 5.92 Å². The van der Waals surface area contributed by atoms with Crippen molar-refractivity contribution in [2.45, 2.75) is 33.0 Å². The van der Waals surface area contributed by atoms with E-state index >= 15 is 0 Å². The van der Waals surface area contributed by atoms with Crippen LogP contribution in [0.5, 0.6) is 5.75 Å². The van der Waals surface area contributed by atoms with Crippen molar-refractivity contribution in [2.24, 2.45) is 5.92 Å². The normalized spacial score (nSPS) is 21.9. The molecule has 0 aromatic heterocycles. The van der Waals surface area contributed by atoms with Crippen molar-refractivity contribution < 1.29 is 9.53 Å². The highest BCUT2D eigenvalue weighted by molar-refractivity contribution is 5.84. The zero-order valence-electron chi connectivity index (χ0n) is 13.0. The van der Waals surface area contributed by atoms with Gasteiger partial charge in [0.2, 0.25) is 5.91 Å². The van der Waals surface area contributed by atoms with Gasteiger partial charge < -0.3 is 9.64 Å². The highest BCUT2D eigenvalue weighted by Crippen LogP contribution is 2.28. The first-order chi connectivity index (χ1) is 10.1. The van der Waals surface area contributed by atoms with Crippen LogP contribution in [0.1, 0.15) is 32.5 Å². The summed E-state index contributed by atoms with van der Waals surface area (Å²) in [4.78, 5) is 14.3. The summed E-state index contributed by atoms with van der Waals surface area (Å²) in [5.74, 6) is 1.28. The number of carbonyl (C=O) groups is 1. The van der Waals surface area contributed by atoms with Crippen LogP contribution in [0.25, 0.3) is 0 Å². The summed E-state index contributed by atoms with van der Waals surface area (Å²) in [5, 5.41) is 3.44. The first-order valence-electron chi connectivity index (χ1n) is 7.48. The van der Waals surface area contributed by atoms with E-state index in [9.17, 15) is 4.79 Å². The summed E-state index contributed by atoms with van der Waals surface area (Å²) in [6, 6.07) is 7.78. The zero-order valence-corrected chi connectivity index (χ0v) is 13.0. The standard InChI is InChI=1S/C17H24N2O2/c1-5-11-21-14-9-7-13(8-10-14)16-18-15(12(3)4)17(20)19(16)6-2/h5,7-10,12,15-16,18H,1,6,11H2,2-4H3. The third-order valence-corrected chi connectivity index (χ3v) is 3.77. The highest BCUT2D eigenvalue weighted by atomic mass is 16.5. The topological polar surface area (TPSA) is 41.6 Å². The van der Waals surface area contributed by atoms with E-state index in [0.29, 0.717) is 13.2 Å². The van der Waals surface area contributed by atoms with E-state index in [0.717, 1.165) is 11.3 Å². The molecule has 1 fully saturated rings. The number of nitrogens with zero attached hydrogens (tertiary/aromatic N) is 1. The molecule has 1 amide bonds. The van der Waals surface area contributed by atoms with Gasteiger partial charge in [0.15, 0.2) is 0 Å². The molecular weight excluding hydrogens is 264 g/mol. The van der Waals surface area contributed by atoms with E-state index in [1.807, 2.05) is 36.1 Å². The lowest BCUT2D eigenvalue weighted by Crippen LogP contribution is -2.34. The molecule has 0 spiro atoms. The summed E-state index contributed by atoms with van der Waals surface area (Å²) in [6.07, 6.45) is 1.67. The number of ether oxygens (including phenoxy) is 1. The molecule has 1 heterocycles. The summed E-state index contributed by atoms with van der Waals surface area (Å²) in [7, 11) is 0. The van der Waals surface area contributed by atoms with Crippen molar-refractivity contribution in [1.29, 1.82) is 0 Å². The first kappa shape index (κ1) is 15.6. The molecule has 1 aromatic carbocycles. The van der Waals surface area contributed by atoms with Crippen LogP contribution in [0.2, 0.25) is 0 Å². The van der Waals surface area contributed by atoms with Gasteiger partial charge in [-0.2, -0.15) is 0 Å². The molecule has 4 heteroatoms. The van der Waals surface area contributed by atoms with Gasteiger partial charge in [-0.05, 0) is 30.5 Å². The second-order valence-corrected chi connectivity index (χ2v) is 5.58. The third-order valence-electron chi connectivity index (χ3n) is 3.77. The number of benzene rings is 1. The van der Waals surface area contributed by atoms with Crippen molar-refractivity contribution in [2.75, 3.05) is 13.2 Å². The Bertz CT molecular complexity index is 496. The second kappa shape index (κ2) is 6.76. The van der Waals surface area contributed by atoms with Crippen LogP contribution in [0.4, 0.5) is 0 Å². The number of likely N-dealkylation sites (N-methyl/N-ethyl adjacent to an activating group) is 1. The van der Waals surface area contributed by atoms with E-state index in [1.54, 1.807) is 6.08 Å². The van der Waals surface area contributed by atoms with Gasteiger partial charge in [0.1, 0.15) is 18.5 Å². The highest BCUT2D eigenvalue weighted by Gasteiger charge is 2.39. The molecule has 1 aliphatic rings. The first-order valence-corrected chi connectivity index (χ1v) is 7.48. The van der Waals surface area contributed by atoms with Gasteiger partial charge in [-0.15, -0.1) is 0 Å². The van der Waals surface area contributed by atoms with E-state index in [1.165, 1.54) is 0 Å². The van der Waals surface area contributed by atoms with Gasteiger partial charge in [-0.25, -0.2) is 0 Å². The molecule has 0 saturated carbocycles. The summed E-state index contributed by atoms with van der Waals surface area (Å²) in [5.41, 5.74) is 1.08. The van der Waals surface area contributed by atoms with Gasteiger partial charge in [0.25, 0.3) is 0 Å². The average Bonchev–Trinajstić information content (AvgIpc) is 2.82. The molecule has 4 nitrogen and oxygen atoms in total. The van der Waals surface area contributed by atoms with Gasteiger partial charge in [-0.1, -0.05) is 38.6 Å². The van der Waals surface area contributed by atoms with Gasteiger partial charge in [0, 0.05) is 6.54 Å². The molecular formula is C17H24N2O2. The molecule has 2 rings (SSSR count). The molecule has 1 saturated heterocycles. The van der Waals surface area contributed by atoms with E-state index in [4.69, 9.17) is 4.74 Å². The van der Waals surface area contributed by atoms with E-state index in [-0.39, 0.29) is 24.0 Å². The minimum atomic E-state index is -0.105. The van der Waals surface area contributed by atoms with Crippen LogP contribution >= 0.6 is 0 Å². The lowest BCUT2D eigenvalue weighted by molar-refractivity contribution is -0.130. The molecule has 2 unspecified atom stereocenters. The Labute approximate surface area is 126 Å². The Morgan fingerprint density at radius 3 is 2.57 bits per heavy atom. The number of carbonyl (C=O) groups excluding carboxylic acids is 1. The molecule has 1 aromatic rings. The van der Waals surface area contributed by atoms with Gasteiger partial charge in [-0.3, -0.25) is 10.1 Å². The molecule has 0 aliphatic carbocycles. The number of hydrogen-bond donors (Lipinski definition) is 1. The molecule has 114 valence electrons. The van der Waals surface area contributed by atoms with Gasteiger partial charge in [0.05, 0.1) is 6.04 Å². The number of amides is 1. The predicted octanol–water partition coefficient (Wildman–Crippen LogP) is 2.73. The molecule has 0 bridgehead atoms. The number of rotatable bonds is 6. The Kier molecular flexibility index (Phi) is 5.02. The van der Waals surface area contributed by atoms with Crippen molar-refractivity contribution in [3.63, 3.8) is 0 Å².